The standard InChI is InChI=1S/C16H16ClNO3/c1-20-16(19)15(18)13-7-2-3-8-14(13)21-10-11-5-4-6-12(17)9-11/h2-9,15H,10,18H2,1H3. The molecule has 0 aromatic heterocycles. The lowest BCUT2D eigenvalue weighted by Crippen LogP contribution is -2.23. The molecule has 0 heterocycles. The van der Waals surface area contributed by atoms with Crippen molar-refractivity contribution in [2.75, 3.05) is 7.11 Å². The minimum absolute atomic E-state index is 0.339. The van der Waals surface area contributed by atoms with Crippen LogP contribution in [0.5, 0.6) is 5.75 Å². The highest BCUT2D eigenvalue weighted by Gasteiger charge is 2.20. The number of halogens is 1. The number of rotatable bonds is 5. The Kier molecular flexibility index (Phi) is 5.20. The molecule has 21 heavy (non-hydrogen) atoms. The largest absolute Gasteiger partial charge is 0.489 e. The van der Waals surface area contributed by atoms with E-state index in [1.807, 2.05) is 24.3 Å². The average Bonchev–Trinajstić information content (AvgIpc) is 2.52. The van der Waals surface area contributed by atoms with Crippen LogP contribution in [0.4, 0.5) is 0 Å². The zero-order valence-electron chi connectivity index (χ0n) is 11.6. The predicted octanol–water partition coefficient (Wildman–Crippen LogP) is 3.09. The predicted molar refractivity (Wildman–Crippen MR) is 81.2 cm³/mol. The van der Waals surface area contributed by atoms with Crippen molar-refractivity contribution in [3.8, 4) is 5.75 Å². The van der Waals surface area contributed by atoms with Crippen LogP contribution in [0.1, 0.15) is 17.2 Å². The molecule has 2 N–H and O–H groups in total. The van der Waals surface area contributed by atoms with Crippen molar-refractivity contribution in [3.05, 3.63) is 64.7 Å². The highest BCUT2D eigenvalue weighted by atomic mass is 35.5. The van der Waals surface area contributed by atoms with E-state index in [4.69, 9.17) is 22.1 Å². The second-order valence-electron chi connectivity index (χ2n) is 4.46. The molecule has 0 aliphatic heterocycles. The molecule has 0 bridgehead atoms. The number of hydrogen-bond donors (Lipinski definition) is 1. The first-order valence-corrected chi connectivity index (χ1v) is 6.79. The van der Waals surface area contributed by atoms with Gasteiger partial charge in [-0.05, 0) is 23.8 Å². The van der Waals surface area contributed by atoms with Crippen molar-refractivity contribution in [2.24, 2.45) is 5.73 Å². The van der Waals surface area contributed by atoms with Crippen LogP contribution >= 0.6 is 11.6 Å². The van der Waals surface area contributed by atoms with Gasteiger partial charge in [0.2, 0.25) is 0 Å². The second kappa shape index (κ2) is 7.11. The van der Waals surface area contributed by atoms with Crippen molar-refractivity contribution in [1.82, 2.24) is 0 Å². The third-order valence-corrected chi connectivity index (χ3v) is 3.23. The van der Waals surface area contributed by atoms with Crippen LogP contribution in [0.15, 0.2) is 48.5 Å². The average molecular weight is 306 g/mol. The molecule has 2 aromatic carbocycles. The molecule has 5 heteroatoms. The molecule has 0 aliphatic rings. The van der Waals surface area contributed by atoms with Crippen LogP contribution < -0.4 is 10.5 Å². The third kappa shape index (κ3) is 3.97. The third-order valence-electron chi connectivity index (χ3n) is 2.99. The van der Waals surface area contributed by atoms with Crippen LogP contribution in [0, 0.1) is 0 Å². The summed E-state index contributed by atoms with van der Waals surface area (Å²) in [5.41, 5.74) is 7.39. The fraction of sp³-hybridized carbons (Fsp3) is 0.188. The lowest BCUT2D eigenvalue weighted by Gasteiger charge is -2.15. The Labute approximate surface area is 128 Å². The van der Waals surface area contributed by atoms with Crippen molar-refractivity contribution >= 4 is 17.6 Å². The highest BCUT2D eigenvalue weighted by molar-refractivity contribution is 6.30. The first kappa shape index (κ1) is 15.4. The van der Waals surface area contributed by atoms with Gasteiger partial charge in [-0.3, -0.25) is 4.79 Å². The summed E-state index contributed by atoms with van der Waals surface area (Å²) in [6.45, 7) is 0.339. The Balaban J connectivity index is 2.15. The van der Waals surface area contributed by atoms with Crippen LogP contribution in [0.2, 0.25) is 5.02 Å². The molecule has 2 aromatic rings. The smallest absolute Gasteiger partial charge is 0.327 e. The zero-order valence-corrected chi connectivity index (χ0v) is 12.3. The number of methoxy groups -OCH3 is 1. The number of esters is 1. The highest BCUT2D eigenvalue weighted by Crippen LogP contribution is 2.25. The Hall–Kier alpha value is -2.04. The van der Waals surface area contributed by atoms with Gasteiger partial charge in [0.05, 0.1) is 7.11 Å². The molecule has 1 atom stereocenters. The number of ether oxygens (including phenoxy) is 2. The number of para-hydroxylation sites is 1. The Morgan fingerprint density at radius 2 is 2.00 bits per heavy atom. The summed E-state index contributed by atoms with van der Waals surface area (Å²) < 4.78 is 10.4. The van der Waals surface area contributed by atoms with Crippen LogP contribution in [0.25, 0.3) is 0 Å². The number of hydrogen-bond acceptors (Lipinski definition) is 4. The van der Waals surface area contributed by atoms with Crippen LogP contribution in [-0.2, 0) is 16.1 Å². The molecule has 0 aliphatic carbocycles. The molecule has 4 nitrogen and oxygen atoms in total. The van der Waals surface area contributed by atoms with Gasteiger partial charge in [-0.15, -0.1) is 0 Å². The van der Waals surface area contributed by atoms with Gasteiger partial charge in [0.15, 0.2) is 0 Å². The SMILES string of the molecule is COC(=O)C(N)c1ccccc1OCc1cccc(Cl)c1. The van der Waals surface area contributed by atoms with Gasteiger partial charge in [-0.25, -0.2) is 0 Å². The molecular formula is C16H16ClNO3. The minimum Gasteiger partial charge on any atom is -0.489 e. The summed E-state index contributed by atoms with van der Waals surface area (Å²) >= 11 is 5.93. The van der Waals surface area contributed by atoms with Gasteiger partial charge in [-0.2, -0.15) is 0 Å². The van der Waals surface area contributed by atoms with Gasteiger partial charge < -0.3 is 15.2 Å². The maximum Gasteiger partial charge on any atom is 0.327 e. The Bertz CT molecular complexity index is 630. The first-order valence-electron chi connectivity index (χ1n) is 6.41. The van der Waals surface area contributed by atoms with E-state index in [1.165, 1.54) is 7.11 Å². The first-order chi connectivity index (χ1) is 10.1. The van der Waals surface area contributed by atoms with Gasteiger partial charge in [-0.1, -0.05) is 41.9 Å². The van der Waals surface area contributed by atoms with Crippen molar-refractivity contribution < 1.29 is 14.3 Å². The molecular weight excluding hydrogens is 290 g/mol. The zero-order chi connectivity index (χ0) is 15.2. The molecule has 110 valence electrons. The summed E-state index contributed by atoms with van der Waals surface area (Å²) in [7, 11) is 1.30. The maximum atomic E-state index is 11.6. The number of carbonyl (C=O) groups excluding carboxylic acids is 1. The summed E-state index contributed by atoms with van der Waals surface area (Å²) in [6, 6.07) is 13.6. The molecule has 2 rings (SSSR count). The lowest BCUT2D eigenvalue weighted by atomic mass is 10.1. The minimum atomic E-state index is -0.870. The van der Waals surface area contributed by atoms with Gasteiger partial charge >= 0.3 is 5.97 Å². The number of carbonyl (C=O) groups is 1. The second-order valence-corrected chi connectivity index (χ2v) is 4.89. The van der Waals surface area contributed by atoms with E-state index >= 15 is 0 Å². The topological polar surface area (TPSA) is 61.5 Å². The van der Waals surface area contributed by atoms with E-state index < -0.39 is 12.0 Å². The molecule has 0 saturated heterocycles. The molecule has 0 amide bonds. The number of benzene rings is 2. The van der Waals surface area contributed by atoms with Crippen LogP contribution in [-0.4, -0.2) is 13.1 Å². The summed E-state index contributed by atoms with van der Waals surface area (Å²) in [5, 5.41) is 0.649. The van der Waals surface area contributed by atoms with Gasteiger partial charge in [0.1, 0.15) is 18.4 Å². The Morgan fingerprint density at radius 1 is 1.24 bits per heavy atom. The molecule has 0 fully saturated rings. The van der Waals surface area contributed by atoms with Crippen molar-refractivity contribution in [2.45, 2.75) is 12.6 Å². The molecule has 1 unspecified atom stereocenters. The van der Waals surface area contributed by atoms with E-state index in [-0.39, 0.29) is 0 Å². The maximum absolute atomic E-state index is 11.6. The van der Waals surface area contributed by atoms with Crippen molar-refractivity contribution in [1.29, 1.82) is 0 Å². The van der Waals surface area contributed by atoms with E-state index in [2.05, 4.69) is 4.74 Å². The molecule has 0 saturated carbocycles. The molecule has 0 radical (unpaired) electrons. The van der Waals surface area contributed by atoms with Crippen molar-refractivity contribution in [3.63, 3.8) is 0 Å². The molecule has 0 spiro atoms. The fourth-order valence-corrected chi connectivity index (χ4v) is 2.12. The van der Waals surface area contributed by atoms with Gasteiger partial charge in [0.25, 0.3) is 0 Å². The van der Waals surface area contributed by atoms with Crippen LogP contribution in [0.3, 0.4) is 0 Å². The van der Waals surface area contributed by atoms with E-state index in [9.17, 15) is 4.79 Å². The van der Waals surface area contributed by atoms with E-state index in [0.717, 1.165) is 5.56 Å². The Morgan fingerprint density at radius 3 is 2.71 bits per heavy atom. The van der Waals surface area contributed by atoms with E-state index in [1.54, 1.807) is 24.3 Å². The summed E-state index contributed by atoms with van der Waals surface area (Å²) in [6.07, 6.45) is 0. The fourth-order valence-electron chi connectivity index (χ4n) is 1.91. The van der Waals surface area contributed by atoms with Gasteiger partial charge in [0, 0.05) is 10.6 Å². The summed E-state index contributed by atoms with van der Waals surface area (Å²) in [4.78, 5) is 11.6. The number of nitrogens with two attached hydrogens (primary N) is 1. The summed E-state index contributed by atoms with van der Waals surface area (Å²) in [5.74, 6) is 0.0455. The normalized spacial score (nSPS) is 11.8. The monoisotopic (exact) mass is 305 g/mol. The lowest BCUT2D eigenvalue weighted by molar-refractivity contribution is -0.142. The van der Waals surface area contributed by atoms with E-state index in [0.29, 0.717) is 22.9 Å². The quantitative estimate of drug-likeness (QED) is 0.862.